The van der Waals surface area contributed by atoms with E-state index in [0.717, 1.165) is 25.0 Å². The maximum atomic E-state index is 5.88. The largest absolute Gasteiger partial charge is 0.381 e. The number of hydrogen-bond acceptors (Lipinski definition) is 1. The highest BCUT2D eigenvalue weighted by Crippen LogP contribution is 2.31. The number of ether oxygens (including phenoxy) is 1. The van der Waals surface area contributed by atoms with E-state index in [9.17, 15) is 0 Å². The lowest BCUT2D eigenvalue weighted by atomic mass is 9.81. The van der Waals surface area contributed by atoms with E-state index < -0.39 is 0 Å². The van der Waals surface area contributed by atoms with Crippen molar-refractivity contribution in [2.45, 2.75) is 33.1 Å². The Morgan fingerprint density at radius 1 is 1.33 bits per heavy atom. The first-order chi connectivity index (χ1) is 5.64. The van der Waals surface area contributed by atoms with Crippen molar-refractivity contribution < 1.29 is 4.74 Å². The zero-order valence-electron chi connectivity index (χ0n) is 8.11. The van der Waals surface area contributed by atoms with E-state index in [4.69, 9.17) is 16.3 Å². The fraction of sp³-hybridized carbons (Fsp3) is 1.00. The molecular formula is C10H19ClO. The lowest BCUT2D eigenvalue weighted by Gasteiger charge is -2.30. The van der Waals surface area contributed by atoms with Crippen LogP contribution < -0.4 is 0 Å². The van der Waals surface area contributed by atoms with Gasteiger partial charge in [0.25, 0.3) is 0 Å². The summed E-state index contributed by atoms with van der Waals surface area (Å²) in [5.41, 5.74) is 0.309. The molecule has 0 unspecified atom stereocenters. The van der Waals surface area contributed by atoms with Crippen molar-refractivity contribution in [2.24, 2.45) is 11.3 Å². The summed E-state index contributed by atoms with van der Waals surface area (Å²) in [5, 5.41) is 0. The van der Waals surface area contributed by atoms with E-state index in [0.29, 0.717) is 5.41 Å². The zero-order valence-corrected chi connectivity index (χ0v) is 8.86. The van der Waals surface area contributed by atoms with Crippen LogP contribution >= 0.6 is 11.6 Å². The average molecular weight is 191 g/mol. The molecule has 0 atom stereocenters. The molecule has 2 heteroatoms. The minimum atomic E-state index is 0.309. The summed E-state index contributed by atoms with van der Waals surface area (Å²) in [6.07, 6.45) is 3.69. The van der Waals surface area contributed by atoms with Gasteiger partial charge in [0.2, 0.25) is 0 Å². The molecule has 1 heterocycles. The van der Waals surface area contributed by atoms with Gasteiger partial charge in [-0.1, -0.05) is 13.8 Å². The second-order valence-corrected chi connectivity index (χ2v) is 4.82. The Bertz CT molecular complexity index is 128. The number of halogens is 1. The van der Waals surface area contributed by atoms with Crippen molar-refractivity contribution in [3.8, 4) is 0 Å². The molecule has 0 aromatic heterocycles. The first-order valence-corrected chi connectivity index (χ1v) is 5.31. The van der Waals surface area contributed by atoms with Gasteiger partial charge >= 0.3 is 0 Å². The third kappa shape index (κ3) is 3.32. The molecule has 1 aliphatic rings. The predicted octanol–water partition coefficient (Wildman–Crippen LogP) is 3.07. The summed E-state index contributed by atoms with van der Waals surface area (Å²) >= 11 is 5.88. The molecule has 1 rings (SSSR count). The van der Waals surface area contributed by atoms with Crippen molar-refractivity contribution in [1.29, 1.82) is 0 Å². The number of alkyl halides is 1. The third-order valence-corrected chi connectivity index (χ3v) is 3.27. The fourth-order valence-corrected chi connectivity index (χ4v) is 1.90. The van der Waals surface area contributed by atoms with Crippen molar-refractivity contribution in [2.75, 3.05) is 19.1 Å². The van der Waals surface area contributed by atoms with Gasteiger partial charge in [-0.15, -0.1) is 11.6 Å². The van der Waals surface area contributed by atoms with Crippen LogP contribution in [-0.2, 0) is 4.74 Å². The Kier molecular flexibility index (Phi) is 3.85. The molecule has 1 nitrogen and oxygen atoms in total. The van der Waals surface area contributed by atoms with Gasteiger partial charge in [0.05, 0.1) is 0 Å². The Labute approximate surface area is 80.4 Å². The van der Waals surface area contributed by atoms with Crippen LogP contribution in [0.3, 0.4) is 0 Å². The first kappa shape index (κ1) is 10.3. The highest BCUT2D eigenvalue weighted by Gasteiger charge is 2.23. The highest BCUT2D eigenvalue weighted by atomic mass is 35.5. The fourth-order valence-electron chi connectivity index (χ4n) is 1.79. The SMILES string of the molecule is CC(C)(CCl)CC1CCOCC1. The normalized spacial score (nSPS) is 21.2. The Balaban J connectivity index is 2.28. The van der Waals surface area contributed by atoms with Gasteiger partial charge in [0, 0.05) is 19.1 Å². The number of hydrogen-bond donors (Lipinski definition) is 0. The smallest absolute Gasteiger partial charge is 0.0468 e. The first-order valence-electron chi connectivity index (χ1n) is 4.78. The van der Waals surface area contributed by atoms with E-state index in [-0.39, 0.29) is 0 Å². The van der Waals surface area contributed by atoms with Crippen LogP contribution in [0.25, 0.3) is 0 Å². The van der Waals surface area contributed by atoms with Gasteiger partial charge in [-0.3, -0.25) is 0 Å². The Morgan fingerprint density at radius 3 is 2.42 bits per heavy atom. The molecule has 1 aliphatic heterocycles. The van der Waals surface area contributed by atoms with Crippen molar-refractivity contribution in [1.82, 2.24) is 0 Å². The Hall–Kier alpha value is 0.250. The van der Waals surface area contributed by atoms with Crippen molar-refractivity contribution in [3.05, 3.63) is 0 Å². The molecule has 0 radical (unpaired) electrons. The topological polar surface area (TPSA) is 9.23 Å². The molecule has 72 valence electrons. The van der Waals surface area contributed by atoms with Gasteiger partial charge in [-0.05, 0) is 30.6 Å². The molecule has 0 aromatic rings. The molecule has 0 spiro atoms. The van der Waals surface area contributed by atoms with E-state index >= 15 is 0 Å². The summed E-state index contributed by atoms with van der Waals surface area (Å²) < 4.78 is 5.31. The second kappa shape index (κ2) is 4.48. The van der Waals surface area contributed by atoms with Crippen LogP contribution in [0.15, 0.2) is 0 Å². The van der Waals surface area contributed by atoms with E-state index in [1.54, 1.807) is 0 Å². The molecule has 0 amide bonds. The standard InChI is InChI=1S/C10H19ClO/c1-10(2,8-11)7-9-3-5-12-6-4-9/h9H,3-8H2,1-2H3. The van der Waals surface area contributed by atoms with Crippen LogP contribution in [0.1, 0.15) is 33.1 Å². The highest BCUT2D eigenvalue weighted by molar-refractivity contribution is 6.18. The van der Waals surface area contributed by atoms with Gasteiger partial charge < -0.3 is 4.74 Å². The van der Waals surface area contributed by atoms with Gasteiger partial charge in [-0.2, -0.15) is 0 Å². The Morgan fingerprint density at radius 2 is 1.92 bits per heavy atom. The van der Waals surface area contributed by atoms with Gasteiger partial charge in [0.15, 0.2) is 0 Å². The molecule has 0 saturated carbocycles. The van der Waals surface area contributed by atoms with Crippen LogP contribution in [-0.4, -0.2) is 19.1 Å². The summed E-state index contributed by atoms with van der Waals surface area (Å²) in [4.78, 5) is 0. The lowest BCUT2D eigenvalue weighted by Crippen LogP contribution is -2.23. The van der Waals surface area contributed by atoms with Crippen LogP contribution in [0, 0.1) is 11.3 Å². The zero-order chi connectivity index (χ0) is 9.03. The van der Waals surface area contributed by atoms with Crippen LogP contribution in [0.2, 0.25) is 0 Å². The van der Waals surface area contributed by atoms with E-state index in [2.05, 4.69) is 13.8 Å². The maximum Gasteiger partial charge on any atom is 0.0468 e. The maximum absolute atomic E-state index is 5.88. The van der Waals surface area contributed by atoms with Gasteiger partial charge in [0.1, 0.15) is 0 Å². The quantitative estimate of drug-likeness (QED) is 0.622. The monoisotopic (exact) mass is 190 g/mol. The van der Waals surface area contributed by atoms with Crippen LogP contribution in [0.4, 0.5) is 0 Å². The van der Waals surface area contributed by atoms with Crippen LogP contribution in [0.5, 0.6) is 0 Å². The predicted molar refractivity (Wildman–Crippen MR) is 52.7 cm³/mol. The molecule has 0 aliphatic carbocycles. The average Bonchev–Trinajstić information content (AvgIpc) is 2.06. The van der Waals surface area contributed by atoms with E-state index in [1.165, 1.54) is 19.3 Å². The van der Waals surface area contributed by atoms with Crippen molar-refractivity contribution in [3.63, 3.8) is 0 Å². The molecule has 0 aromatic carbocycles. The minimum Gasteiger partial charge on any atom is -0.381 e. The van der Waals surface area contributed by atoms with Gasteiger partial charge in [-0.25, -0.2) is 0 Å². The summed E-state index contributed by atoms with van der Waals surface area (Å²) in [6, 6.07) is 0. The molecule has 0 bridgehead atoms. The molecule has 0 N–H and O–H groups in total. The molecule has 1 saturated heterocycles. The third-order valence-electron chi connectivity index (χ3n) is 2.54. The summed E-state index contributed by atoms with van der Waals surface area (Å²) in [6.45, 7) is 6.39. The lowest BCUT2D eigenvalue weighted by molar-refractivity contribution is 0.0535. The second-order valence-electron chi connectivity index (χ2n) is 4.56. The van der Waals surface area contributed by atoms with E-state index in [1.807, 2.05) is 0 Å². The molecule has 12 heavy (non-hydrogen) atoms. The minimum absolute atomic E-state index is 0.309. The molecule has 1 fully saturated rings. The summed E-state index contributed by atoms with van der Waals surface area (Å²) in [5.74, 6) is 1.61. The van der Waals surface area contributed by atoms with Crippen molar-refractivity contribution >= 4 is 11.6 Å². The summed E-state index contributed by atoms with van der Waals surface area (Å²) in [7, 11) is 0. The number of rotatable bonds is 3. The molecular weight excluding hydrogens is 172 g/mol.